The van der Waals surface area contributed by atoms with Crippen LogP contribution in [0, 0.1) is 5.92 Å². The van der Waals surface area contributed by atoms with Crippen LogP contribution in [-0.4, -0.2) is 37.8 Å². The number of methoxy groups -OCH3 is 2. The fraction of sp³-hybridized carbons (Fsp3) is 0.348. The van der Waals surface area contributed by atoms with Gasteiger partial charge in [0, 0.05) is 11.4 Å². The van der Waals surface area contributed by atoms with E-state index >= 15 is 0 Å². The average molecular weight is 428 g/mol. The highest BCUT2D eigenvalue weighted by Gasteiger charge is 2.28. The summed E-state index contributed by atoms with van der Waals surface area (Å²) in [5, 5.41) is 5.32. The molecule has 166 valence electrons. The third kappa shape index (κ3) is 7.65. The van der Waals surface area contributed by atoms with Gasteiger partial charge in [0.05, 0.1) is 14.2 Å². The summed E-state index contributed by atoms with van der Waals surface area (Å²) in [4.78, 5) is 36.8. The first kappa shape index (κ1) is 23.7. The Bertz CT molecular complexity index is 918. The number of amides is 2. The van der Waals surface area contributed by atoms with Gasteiger partial charge in [-0.2, -0.15) is 0 Å². The van der Waals surface area contributed by atoms with E-state index in [1.807, 2.05) is 6.07 Å². The van der Waals surface area contributed by atoms with Gasteiger partial charge in [-0.15, -0.1) is 0 Å². The lowest BCUT2D eigenvalue weighted by Crippen LogP contribution is -2.32. The van der Waals surface area contributed by atoms with E-state index in [9.17, 15) is 14.4 Å². The largest absolute Gasteiger partial charge is 0.497 e. The van der Waals surface area contributed by atoms with Crippen LogP contribution in [0.3, 0.4) is 0 Å². The number of ether oxygens (including phenoxy) is 3. The van der Waals surface area contributed by atoms with E-state index in [2.05, 4.69) is 10.6 Å². The molecule has 8 heteroatoms. The maximum atomic E-state index is 12.8. The number of benzene rings is 2. The molecule has 1 unspecified atom stereocenters. The maximum absolute atomic E-state index is 12.8. The van der Waals surface area contributed by atoms with Crippen molar-refractivity contribution in [2.45, 2.75) is 32.8 Å². The topological polar surface area (TPSA) is 103 Å². The first-order valence-electron chi connectivity index (χ1n) is 9.73. The number of carbonyl (C=O) groups excluding carboxylic acids is 3. The molecule has 0 fully saturated rings. The van der Waals surface area contributed by atoms with Crippen LogP contribution in [0.4, 0.5) is 16.2 Å². The lowest BCUT2D eigenvalue weighted by atomic mass is 9.98. The van der Waals surface area contributed by atoms with Crippen molar-refractivity contribution in [2.24, 2.45) is 5.92 Å². The second-order valence-electron chi connectivity index (χ2n) is 7.82. The van der Waals surface area contributed by atoms with Gasteiger partial charge in [0.15, 0.2) is 0 Å². The smallest absolute Gasteiger partial charge is 0.412 e. The van der Waals surface area contributed by atoms with Crippen molar-refractivity contribution < 1.29 is 28.6 Å². The highest BCUT2D eigenvalue weighted by atomic mass is 16.6. The first-order valence-corrected chi connectivity index (χ1v) is 9.73. The molecule has 0 aromatic heterocycles. The Hall–Kier alpha value is -3.55. The molecule has 31 heavy (non-hydrogen) atoms. The minimum absolute atomic E-state index is 0.161. The third-order valence-electron chi connectivity index (χ3n) is 4.17. The Labute approximate surface area is 181 Å². The van der Waals surface area contributed by atoms with Crippen molar-refractivity contribution in [1.82, 2.24) is 0 Å². The second kappa shape index (κ2) is 10.5. The Balaban J connectivity index is 2.05. The van der Waals surface area contributed by atoms with E-state index in [1.165, 1.54) is 7.11 Å². The van der Waals surface area contributed by atoms with Crippen molar-refractivity contribution in [1.29, 1.82) is 0 Å². The van der Waals surface area contributed by atoms with Gasteiger partial charge in [0.25, 0.3) is 0 Å². The summed E-state index contributed by atoms with van der Waals surface area (Å²) in [5.74, 6) is -1.53. The minimum Gasteiger partial charge on any atom is -0.497 e. The molecule has 0 saturated heterocycles. The molecule has 8 nitrogen and oxygen atoms in total. The summed E-state index contributed by atoms with van der Waals surface area (Å²) >= 11 is 0. The summed E-state index contributed by atoms with van der Waals surface area (Å²) in [6.07, 6.45) is -0.415. The fourth-order valence-electron chi connectivity index (χ4n) is 2.75. The van der Waals surface area contributed by atoms with E-state index in [1.54, 1.807) is 70.3 Å². The zero-order valence-corrected chi connectivity index (χ0v) is 18.4. The van der Waals surface area contributed by atoms with Gasteiger partial charge in [-0.25, -0.2) is 4.79 Å². The number of hydrogen-bond acceptors (Lipinski definition) is 6. The lowest BCUT2D eigenvalue weighted by Gasteiger charge is -2.19. The first-order chi connectivity index (χ1) is 14.6. The Morgan fingerprint density at radius 3 is 2.10 bits per heavy atom. The van der Waals surface area contributed by atoms with Crippen LogP contribution in [0.5, 0.6) is 5.75 Å². The predicted octanol–water partition coefficient (Wildman–Crippen LogP) is 4.01. The van der Waals surface area contributed by atoms with E-state index < -0.39 is 29.5 Å². The zero-order chi connectivity index (χ0) is 23.0. The molecule has 0 heterocycles. The number of carbonyl (C=O) groups is 3. The Kier molecular flexibility index (Phi) is 8.01. The molecule has 2 rings (SSSR count). The van der Waals surface area contributed by atoms with Crippen molar-refractivity contribution in [3.8, 4) is 5.75 Å². The predicted molar refractivity (Wildman–Crippen MR) is 117 cm³/mol. The number of esters is 1. The molecule has 0 aliphatic carbocycles. The molecule has 0 radical (unpaired) electrons. The average Bonchev–Trinajstić information content (AvgIpc) is 2.71. The van der Waals surface area contributed by atoms with Gasteiger partial charge >= 0.3 is 12.1 Å². The second-order valence-corrected chi connectivity index (χ2v) is 7.82. The monoisotopic (exact) mass is 428 g/mol. The highest BCUT2D eigenvalue weighted by molar-refractivity contribution is 6.05. The van der Waals surface area contributed by atoms with Crippen LogP contribution in [0.25, 0.3) is 0 Å². The van der Waals surface area contributed by atoms with Crippen LogP contribution >= 0.6 is 0 Å². The molecular weight excluding hydrogens is 400 g/mol. The molecular formula is C23H28N2O6. The van der Waals surface area contributed by atoms with Crippen LogP contribution < -0.4 is 15.4 Å². The maximum Gasteiger partial charge on any atom is 0.412 e. The Morgan fingerprint density at radius 2 is 1.55 bits per heavy atom. The van der Waals surface area contributed by atoms with Gasteiger partial charge in [-0.3, -0.25) is 14.9 Å². The van der Waals surface area contributed by atoms with Crippen LogP contribution in [0.15, 0.2) is 48.5 Å². The molecule has 0 spiro atoms. The van der Waals surface area contributed by atoms with Gasteiger partial charge < -0.3 is 19.5 Å². The SMILES string of the molecule is COC(=O)C(Cc1cccc(OC)c1)C(=O)Nc1ccc(NC(=O)OC(C)(C)C)cc1. The van der Waals surface area contributed by atoms with E-state index in [4.69, 9.17) is 14.2 Å². The molecule has 2 aromatic carbocycles. The van der Waals surface area contributed by atoms with E-state index in [0.717, 1.165) is 5.56 Å². The summed E-state index contributed by atoms with van der Waals surface area (Å²) in [6, 6.07) is 13.6. The highest BCUT2D eigenvalue weighted by Crippen LogP contribution is 2.20. The number of rotatable bonds is 7. The van der Waals surface area contributed by atoms with Crippen molar-refractivity contribution >= 4 is 29.3 Å². The van der Waals surface area contributed by atoms with Gasteiger partial charge in [-0.1, -0.05) is 12.1 Å². The summed E-state index contributed by atoms with van der Waals surface area (Å²) in [7, 11) is 2.79. The minimum atomic E-state index is -1.03. The normalized spacial score (nSPS) is 11.8. The standard InChI is InChI=1S/C23H28N2O6/c1-23(2,3)31-22(28)25-17-11-9-16(10-12-17)24-20(26)19(21(27)30-5)14-15-7-6-8-18(13-15)29-4/h6-13,19H,14H2,1-5H3,(H,24,26)(H,25,28). The zero-order valence-electron chi connectivity index (χ0n) is 18.4. The van der Waals surface area contributed by atoms with Crippen LogP contribution in [0.1, 0.15) is 26.3 Å². The quantitative estimate of drug-likeness (QED) is 0.510. The van der Waals surface area contributed by atoms with Crippen molar-refractivity contribution in [3.05, 3.63) is 54.1 Å². The summed E-state index contributed by atoms with van der Waals surface area (Å²) in [6.45, 7) is 5.32. The number of nitrogens with one attached hydrogen (secondary N) is 2. The van der Waals surface area contributed by atoms with Gasteiger partial charge in [-0.05, 0) is 69.2 Å². The molecule has 2 aromatic rings. The molecule has 0 aliphatic rings. The number of hydrogen-bond donors (Lipinski definition) is 2. The fourth-order valence-corrected chi connectivity index (χ4v) is 2.75. The molecule has 2 N–H and O–H groups in total. The molecule has 0 aliphatic heterocycles. The third-order valence-corrected chi connectivity index (χ3v) is 4.17. The van der Waals surface area contributed by atoms with Crippen LogP contribution in [0.2, 0.25) is 0 Å². The van der Waals surface area contributed by atoms with E-state index in [-0.39, 0.29) is 6.42 Å². The van der Waals surface area contributed by atoms with Gasteiger partial charge in [0.2, 0.25) is 5.91 Å². The molecule has 0 bridgehead atoms. The van der Waals surface area contributed by atoms with Crippen molar-refractivity contribution in [3.63, 3.8) is 0 Å². The molecule has 0 saturated carbocycles. The number of anilines is 2. The van der Waals surface area contributed by atoms with Gasteiger partial charge in [0.1, 0.15) is 17.3 Å². The molecule has 2 amide bonds. The lowest BCUT2D eigenvalue weighted by molar-refractivity contribution is -0.148. The summed E-state index contributed by atoms with van der Waals surface area (Å²) in [5.41, 5.74) is 1.14. The van der Waals surface area contributed by atoms with E-state index in [0.29, 0.717) is 17.1 Å². The van der Waals surface area contributed by atoms with Crippen molar-refractivity contribution in [2.75, 3.05) is 24.9 Å². The Morgan fingerprint density at radius 1 is 0.935 bits per heavy atom. The van der Waals surface area contributed by atoms with Crippen LogP contribution in [-0.2, 0) is 25.5 Å². The molecule has 1 atom stereocenters. The summed E-state index contributed by atoms with van der Waals surface area (Å²) < 4.78 is 15.2.